The van der Waals surface area contributed by atoms with Gasteiger partial charge in [0, 0.05) is 5.56 Å². The first-order chi connectivity index (χ1) is 9.16. The Hall–Kier alpha value is -1.84. The Kier molecular flexibility index (Phi) is 4.55. The topological polar surface area (TPSA) is 63.6 Å². The SMILES string of the molecule is O=C(O)Cc1ccccc1OC(=O)C1CCCCC1. The summed E-state index contributed by atoms with van der Waals surface area (Å²) in [5.41, 5.74) is 0.541. The summed E-state index contributed by atoms with van der Waals surface area (Å²) in [5.74, 6) is -0.814. The minimum Gasteiger partial charge on any atom is -0.481 e. The van der Waals surface area contributed by atoms with E-state index in [4.69, 9.17) is 9.84 Å². The van der Waals surface area contributed by atoms with Gasteiger partial charge < -0.3 is 9.84 Å². The maximum atomic E-state index is 12.0. The van der Waals surface area contributed by atoms with Crippen molar-refractivity contribution in [1.29, 1.82) is 0 Å². The van der Waals surface area contributed by atoms with Crippen LogP contribution in [0.4, 0.5) is 0 Å². The van der Waals surface area contributed by atoms with Crippen LogP contribution >= 0.6 is 0 Å². The highest BCUT2D eigenvalue weighted by Crippen LogP contribution is 2.27. The first-order valence-corrected chi connectivity index (χ1v) is 6.68. The van der Waals surface area contributed by atoms with Gasteiger partial charge in [-0.05, 0) is 18.9 Å². The Morgan fingerprint density at radius 2 is 1.84 bits per heavy atom. The third-order valence-electron chi connectivity index (χ3n) is 3.46. The van der Waals surface area contributed by atoms with Crippen LogP contribution in [-0.4, -0.2) is 17.0 Å². The Labute approximate surface area is 112 Å². The van der Waals surface area contributed by atoms with E-state index in [0.717, 1.165) is 25.7 Å². The van der Waals surface area contributed by atoms with Gasteiger partial charge in [0.05, 0.1) is 12.3 Å². The second kappa shape index (κ2) is 6.36. The summed E-state index contributed by atoms with van der Waals surface area (Å²) < 4.78 is 5.38. The first-order valence-electron chi connectivity index (χ1n) is 6.68. The van der Waals surface area contributed by atoms with Crippen LogP contribution in [0.1, 0.15) is 37.7 Å². The van der Waals surface area contributed by atoms with Gasteiger partial charge in [-0.2, -0.15) is 0 Å². The summed E-state index contributed by atoms with van der Waals surface area (Å²) in [6.07, 6.45) is 4.93. The number of rotatable bonds is 4. The van der Waals surface area contributed by atoms with E-state index in [1.54, 1.807) is 24.3 Å². The molecule has 0 heterocycles. The second-order valence-electron chi connectivity index (χ2n) is 4.93. The van der Waals surface area contributed by atoms with Gasteiger partial charge >= 0.3 is 11.9 Å². The molecule has 0 aliphatic heterocycles. The summed E-state index contributed by atoms with van der Waals surface area (Å²) >= 11 is 0. The fraction of sp³-hybridized carbons (Fsp3) is 0.467. The highest BCUT2D eigenvalue weighted by Gasteiger charge is 2.23. The van der Waals surface area contributed by atoms with Gasteiger partial charge in [-0.3, -0.25) is 9.59 Å². The number of hydrogen-bond acceptors (Lipinski definition) is 3. The summed E-state index contributed by atoms with van der Waals surface area (Å²) in [6.45, 7) is 0. The molecule has 0 saturated heterocycles. The van der Waals surface area contributed by atoms with E-state index in [1.807, 2.05) is 0 Å². The maximum absolute atomic E-state index is 12.0. The molecule has 19 heavy (non-hydrogen) atoms. The molecule has 1 aliphatic carbocycles. The number of esters is 1. The van der Waals surface area contributed by atoms with Crippen LogP contribution in [0, 0.1) is 5.92 Å². The maximum Gasteiger partial charge on any atom is 0.314 e. The van der Waals surface area contributed by atoms with Gasteiger partial charge in [0.15, 0.2) is 0 Å². The van der Waals surface area contributed by atoms with Crippen LogP contribution in [-0.2, 0) is 16.0 Å². The van der Waals surface area contributed by atoms with E-state index in [0.29, 0.717) is 11.3 Å². The molecular formula is C15H18O4. The molecule has 0 radical (unpaired) electrons. The van der Waals surface area contributed by atoms with Crippen molar-refractivity contribution in [3.63, 3.8) is 0 Å². The standard InChI is InChI=1S/C15H18O4/c16-14(17)10-12-8-4-5-9-13(12)19-15(18)11-6-2-1-3-7-11/h4-5,8-9,11H,1-3,6-7,10H2,(H,16,17). The van der Waals surface area contributed by atoms with Crippen molar-refractivity contribution in [2.24, 2.45) is 5.92 Å². The van der Waals surface area contributed by atoms with Gasteiger partial charge in [-0.1, -0.05) is 37.5 Å². The highest BCUT2D eigenvalue weighted by atomic mass is 16.5. The number of ether oxygens (including phenoxy) is 1. The predicted molar refractivity (Wildman–Crippen MR) is 70.0 cm³/mol. The van der Waals surface area contributed by atoms with Crippen LogP contribution in [0.15, 0.2) is 24.3 Å². The molecule has 1 saturated carbocycles. The molecule has 4 nitrogen and oxygen atoms in total. The molecule has 1 fully saturated rings. The fourth-order valence-corrected chi connectivity index (χ4v) is 2.44. The van der Waals surface area contributed by atoms with Crippen LogP contribution in [0.2, 0.25) is 0 Å². The van der Waals surface area contributed by atoms with E-state index in [9.17, 15) is 9.59 Å². The third kappa shape index (κ3) is 3.81. The number of carboxylic acid groups (broad SMARTS) is 1. The number of carbonyl (C=O) groups is 2. The molecule has 0 amide bonds. The summed E-state index contributed by atoms with van der Waals surface area (Å²) in [7, 11) is 0. The molecule has 1 aromatic rings. The van der Waals surface area contributed by atoms with E-state index in [1.165, 1.54) is 6.42 Å². The zero-order valence-electron chi connectivity index (χ0n) is 10.8. The lowest BCUT2D eigenvalue weighted by Gasteiger charge is -2.20. The van der Waals surface area contributed by atoms with E-state index >= 15 is 0 Å². The smallest absolute Gasteiger partial charge is 0.314 e. The zero-order valence-corrected chi connectivity index (χ0v) is 10.8. The highest BCUT2D eigenvalue weighted by molar-refractivity contribution is 5.77. The molecule has 1 N–H and O–H groups in total. The number of hydrogen-bond donors (Lipinski definition) is 1. The zero-order chi connectivity index (χ0) is 13.7. The van der Waals surface area contributed by atoms with Crippen molar-refractivity contribution in [3.8, 4) is 5.75 Å². The van der Waals surface area contributed by atoms with Crippen molar-refractivity contribution in [3.05, 3.63) is 29.8 Å². The van der Waals surface area contributed by atoms with Gasteiger partial charge in [0.2, 0.25) is 0 Å². The average Bonchev–Trinajstić information content (AvgIpc) is 2.41. The number of para-hydroxylation sites is 1. The van der Waals surface area contributed by atoms with E-state index in [2.05, 4.69) is 0 Å². The second-order valence-corrected chi connectivity index (χ2v) is 4.93. The van der Waals surface area contributed by atoms with Gasteiger partial charge in [-0.25, -0.2) is 0 Å². The van der Waals surface area contributed by atoms with Crippen LogP contribution in [0.3, 0.4) is 0 Å². The predicted octanol–water partition coefficient (Wildman–Crippen LogP) is 2.80. The van der Waals surface area contributed by atoms with Gasteiger partial charge in [-0.15, -0.1) is 0 Å². The van der Waals surface area contributed by atoms with E-state index < -0.39 is 5.97 Å². The normalized spacial score (nSPS) is 16.0. The Balaban J connectivity index is 2.05. The minimum absolute atomic E-state index is 0.0355. The third-order valence-corrected chi connectivity index (χ3v) is 3.46. The molecule has 0 unspecified atom stereocenters. The summed E-state index contributed by atoms with van der Waals surface area (Å²) in [5, 5.41) is 8.83. The van der Waals surface area contributed by atoms with Crippen LogP contribution < -0.4 is 4.74 Å². The minimum atomic E-state index is -0.929. The molecule has 4 heteroatoms. The summed E-state index contributed by atoms with van der Waals surface area (Å²) in [6, 6.07) is 6.82. The van der Waals surface area contributed by atoms with Crippen LogP contribution in [0.5, 0.6) is 5.75 Å². The molecule has 1 aliphatic rings. The van der Waals surface area contributed by atoms with Crippen molar-refractivity contribution < 1.29 is 19.4 Å². The monoisotopic (exact) mass is 262 g/mol. The van der Waals surface area contributed by atoms with Crippen molar-refractivity contribution >= 4 is 11.9 Å². The van der Waals surface area contributed by atoms with Gasteiger partial charge in [0.25, 0.3) is 0 Å². The molecule has 1 aromatic carbocycles. The van der Waals surface area contributed by atoms with Crippen molar-refractivity contribution in [1.82, 2.24) is 0 Å². The molecular weight excluding hydrogens is 244 g/mol. The number of carbonyl (C=O) groups excluding carboxylic acids is 1. The fourth-order valence-electron chi connectivity index (χ4n) is 2.44. The summed E-state index contributed by atoms with van der Waals surface area (Å²) in [4.78, 5) is 22.8. The van der Waals surface area contributed by atoms with Crippen molar-refractivity contribution in [2.45, 2.75) is 38.5 Å². The lowest BCUT2D eigenvalue weighted by Crippen LogP contribution is -2.23. The Morgan fingerprint density at radius 1 is 1.16 bits per heavy atom. The first kappa shape index (κ1) is 13.6. The Morgan fingerprint density at radius 3 is 2.53 bits per heavy atom. The lowest BCUT2D eigenvalue weighted by atomic mass is 9.89. The number of benzene rings is 1. The molecule has 2 rings (SSSR count). The van der Waals surface area contributed by atoms with Crippen LogP contribution in [0.25, 0.3) is 0 Å². The molecule has 0 atom stereocenters. The lowest BCUT2D eigenvalue weighted by molar-refractivity contribution is -0.140. The van der Waals surface area contributed by atoms with Gasteiger partial charge in [0.1, 0.15) is 5.75 Å². The average molecular weight is 262 g/mol. The number of carboxylic acids is 1. The quantitative estimate of drug-likeness (QED) is 0.669. The van der Waals surface area contributed by atoms with E-state index in [-0.39, 0.29) is 18.3 Å². The Bertz CT molecular complexity index is 461. The van der Waals surface area contributed by atoms with Crippen molar-refractivity contribution in [2.75, 3.05) is 0 Å². The molecule has 0 spiro atoms. The molecule has 0 bridgehead atoms. The largest absolute Gasteiger partial charge is 0.481 e. The number of aliphatic carboxylic acids is 1. The molecule has 0 aromatic heterocycles. The molecule has 102 valence electrons.